The summed E-state index contributed by atoms with van der Waals surface area (Å²) in [5.41, 5.74) is 1.65. The molecule has 16 heavy (non-hydrogen) atoms. The maximum Gasteiger partial charge on any atom is 0.0121 e. The molecule has 88 valence electrons. The van der Waals surface area contributed by atoms with E-state index in [1.54, 1.807) is 10.4 Å². The van der Waals surface area contributed by atoms with Crippen LogP contribution in [0.25, 0.3) is 0 Å². The average molecular weight is 235 g/mol. The van der Waals surface area contributed by atoms with Crippen LogP contribution in [0.1, 0.15) is 48.5 Å². The zero-order valence-corrected chi connectivity index (χ0v) is 10.8. The predicted molar refractivity (Wildman–Crippen MR) is 70.3 cm³/mol. The van der Waals surface area contributed by atoms with Crippen LogP contribution < -0.4 is 0 Å². The van der Waals surface area contributed by atoms with Gasteiger partial charge in [-0.3, -0.25) is 0 Å². The van der Waals surface area contributed by atoms with Gasteiger partial charge in [-0.25, -0.2) is 0 Å². The van der Waals surface area contributed by atoms with Crippen molar-refractivity contribution < 1.29 is 0 Å². The van der Waals surface area contributed by atoms with Gasteiger partial charge < -0.3 is 4.90 Å². The minimum atomic E-state index is 0.849. The number of rotatable bonds is 2. The summed E-state index contributed by atoms with van der Waals surface area (Å²) in [5.74, 6) is 0.849. The van der Waals surface area contributed by atoms with E-state index in [-0.39, 0.29) is 0 Å². The van der Waals surface area contributed by atoms with E-state index in [1.165, 1.54) is 58.2 Å². The normalized spacial score (nSPS) is 26.6. The molecule has 1 unspecified atom stereocenters. The molecule has 0 radical (unpaired) electrons. The van der Waals surface area contributed by atoms with Crippen molar-refractivity contribution in [3.05, 3.63) is 21.9 Å². The van der Waals surface area contributed by atoms with Gasteiger partial charge in [-0.15, -0.1) is 11.3 Å². The summed E-state index contributed by atoms with van der Waals surface area (Å²) in [6, 6.07) is 2.35. The van der Waals surface area contributed by atoms with E-state index in [0.29, 0.717) is 0 Å². The second kappa shape index (κ2) is 4.89. The first-order valence-electron chi connectivity index (χ1n) is 6.72. The summed E-state index contributed by atoms with van der Waals surface area (Å²) < 4.78 is 0. The van der Waals surface area contributed by atoms with Crippen LogP contribution in [0.3, 0.4) is 0 Å². The summed E-state index contributed by atoms with van der Waals surface area (Å²) in [7, 11) is 0. The highest BCUT2D eigenvalue weighted by molar-refractivity contribution is 7.10. The third-order valence-corrected chi connectivity index (χ3v) is 5.20. The molecule has 0 aromatic carbocycles. The maximum absolute atomic E-state index is 2.70. The lowest BCUT2D eigenvalue weighted by atomic mass is 9.89. The molecule has 3 rings (SSSR count). The average Bonchev–Trinajstić information content (AvgIpc) is 2.80. The predicted octanol–water partition coefficient (Wildman–Crippen LogP) is 3.65. The van der Waals surface area contributed by atoms with E-state index in [4.69, 9.17) is 0 Å². The molecule has 0 amide bonds. The monoisotopic (exact) mass is 235 g/mol. The Bertz CT molecular complexity index is 338. The molecule has 1 aromatic rings. The number of aryl methyl sites for hydroxylation is 1. The van der Waals surface area contributed by atoms with Gasteiger partial charge in [-0.2, -0.15) is 0 Å². The minimum Gasteiger partial charge on any atom is -0.303 e. The van der Waals surface area contributed by atoms with Gasteiger partial charge in [0, 0.05) is 17.3 Å². The van der Waals surface area contributed by atoms with Crippen LogP contribution in [-0.2, 0) is 6.42 Å². The van der Waals surface area contributed by atoms with E-state index < -0.39 is 0 Å². The summed E-state index contributed by atoms with van der Waals surface area (Å²) in [5, 5.41) is 2.29. The molecule has 0 N–H and O–H groups in total. The van der Waals surface area contributed by atoms with Gasteiger partial charge in [-0.1, -0.05) is 6.42 Å². The van der Waals surface area contributed by atoms with Crippen LogP contribution in [0.5, 0.6) is 0 Å². The Kier molecular flexibility index (Phi) is 3.30. The molecular formula is C14H21NS. The topological polar surface area (TPSA) is 3.24 Å². The van der Waals surface area contributed by atoms with Gasteiger partial charge in [-0.05, 0) is 62.2 Å². The number of hydrogen-bond acceptors (Lipinski definition) is 2. The Morgan fingerprint density at radius 1 is 1.19 bits per heavy atom. The zero-order valence-electron chi connectivity index (χ0n) is 9.95. The lowest BCUT2D eigenvalue weighted by Crippen LogP contribution is -2.34. The van der Waals surface area contributed by atoms with Crippen molar-refractivity contribution in [2.45, 2.75) is 44.4 Å². The molecule has 1 fully saturated rings. The van der Waals surface area contributed by atoms with Gasteiger partial charge in [0.1, 0.15) is 0 Å². The van der Waals surface area contributed by atoms with Crippen molar-refractivity contribution in [3.63, 3.8) is 0 Å². The van der Waals surface area contributed by atoms with Crippen LogP contribution in [0.4, 0.5) is 0 Å². The van der Waals surface area contributed by atoms with Crippen LogP contribution in [0.2, 0.25) is 0 Å². The zero-order chi connectivity index (χ0) is 10.8. The Labute approximate surface area is 102 Å². The first-order valence-corrected chi connectivity index (χ1v) is 7.60. The highest BCUT2D eigenvalue weighted by atomic mass is 32.1. The molecule has 1 aliphatic carbocycles. The van der Waals surface area contributed by atoms with Crippen LogP contribution in [-0.4, -0.2) is 24.5 Å². The third-order valence-electron chi connectivity index (χ3n) is 4.08. The van der Waals surface area contributed by atoms with Crippen LogP contribution in [0, 0.1) is 0 Å². The molecule has 1 aromatic heterocycles. The molecule has 2 aliphatic rings. The van der Waals surface area contributed by atoms with E-state index in [2.05, 4.69) is 16.3 Å². The molecule has 0 saturated carbocycles. The fourth-order valence-corrected chi connectivity index (χ4v) is 4.30. The van der Waals surface area contributed by atoms with Crippen molar-refractivity contribution in [1.82, 2.24) is 4.90 Å². The van der Waals surface area contributed by atoms with Crippen LogP contribution >= 0.6 is 11.3 Å². The Balaban J connectivity index is 1.67. The lowest BCUT2D eigenvalue weighted by molar-refractivity contribution is 0.210. The molecule has 0 bridgehead atoms. The molecule has 2 heterocycles. The quantitative estimate of drug-likeness (QED) is 0.756. The maximum atomic E-state index is 2.70. The molecule has 0 spiro atoms. The molecule has 1 aliphatic heterocycles. The Morgan fingerprint density at radius 3 is 2.94 bits per heavy atom. The standard InChI is InChI=1S/C14H21NS/c1-2-8-15(9-3-1)11-13-6-4-5-12-7-10-16-14(12)13/h7,10,13H,1-6,8-9,11H2. The summed E-state index contributed by atoms with van der Waals surface area (Å²) in [4.78, 5) is 4.40. The molecule has 2 heteroatoms. The van der Waals surface area contributed by atoms with Crippen molar-refractivity contribution in [3.8, 4) is 0 Å². The largest absolute Gasteiger partial charge is 0.303 e. The minimum absolute atomic E-state index is 0.849. The van der Waals surface area contributed by atoms with Crippen LogP contribution in [0.15, 0.2) is 11.4 Å². The van der Waals surface area contributed by atoms with Crippen molar-refractivity contribution in [1.29, 1.82) is 0 Å². The first-order chi connectivity index (χ1) is 7.93. The molecular weight excluding hydrogens is 214 g/mol. The number of thiophene rings is 1. The van der Waals surface area contributed by atoms with Gasteiger partial charge in [0.05, 0.1) is 0 Å². The van der Waals surface area contributed by atoms with E-state index in [9.17, 15) is 0 Å². The fourth-order valence-electron chi connectivity index (χ4n) is 3.21. The summed E-state index contributed by atoms with van der Waals surface area (Å²) >= 11 is 2.00. The van der Waals surface area contributed by atoms with E-state index >= 15 is 0 Å². The van der Waals surface area contributed by atoms with E-state index in [0.717, 1.165) is 5.92 Å². The Hall–Kier alpha value is -0.340. The fraction of sp³-hybridized carbons (Fsp3) is 0.714. The highest BCUT2D eigenvalue weighted by Gasteiger charge is 2.24. The second-order valence-electron chi connectivity index (χ2n) is 5.26. The van der Waals surface area contributed by atoms with Gasteiger partial charge in [0.2, 0.25) is 0 Å². The van der Waals surface area contributed by atoms with Crippen molar-refractivity contribution >= 4 is 11.3 Å². The summed E-state index contributed by atoms with van der Waals surface area (Å²) in [6.07, 6.45) is 8.45. The third kappa shape index (κ3) is 2.18. The van der Waals surface area contributed by atoms with Crippen molar-refractivity contribution in [2.75, 3.05) is 19.6 Å². The molecule has 1 atom stereocenters. The number of nitrogens with zero attached hydrogens (tertiary/aromatic N) is 1. The van der Waals surface area contributed by atoms with Crippen molar-refractivity contribution in [2.24, 2.45) is 0 Å². The number of piperidine rings is 1. The number of fused-ring (bicyclic) bond motifs is 1. The Morgan fingerprint density at radius 2 is 2.06 bits per heavy atom. The molecule has 1 saturated heterocycles. The number of hydrogen-bond donors (Lipinski definition) is 0. The lowest BCUT2D eigenvalue weighted by Gasteiger charge is -2.32. The van der Waals surface area contributed by atoms with Gasteiger partial charge in [0.25, 0.3) is 0 Å². The molecule has 1 nitrogen and oxygen atoms in total. The highest BCUT2D eigenvalue weighted by Crippen LogP contribution is 2.36. The first kappa shape index (κ1) is 10.8. The van der Waals surface area contributed by atoms with Gasteiger partial charge >= 0.3 is 0 Å². The van der Waals surface area contributed by atoms with Gasteiger partial charge in [0.15, 0.2) is 0 Å². The smallest absolute Gasteiger partial charge is 0.0121 e. The number of likely N-dealkylation sites (tertiary alicyclic amines) is 1. The second-order valence-corrected chi connectivity index (χ2v) is 6.21. The van der Waals surface area contributed by atoms with E-state index in [1.807, 2.05) is 11.3 Å². The summed E-state index contributed by atoms with van der Waals surface area (Å²) in [6.45, 7) is 4.02. The SMILES string of the molecule is c1cc2c(s1)C(CN1CCCCC1)CCC2.